The molecule has 2 aromatic heterocycles. The highest BCUT2D eigenvalue weighted by molar-refractivity contribution is 6.14. The largest absolute Gasteiger partial charge is 0.460 e. The van der Waals surface area contributed by atoms with Gasteiger partial charge in [0.15, 0.2) is 0 Å². The zero-order valence-electron chi connectivity index (χ0n) is 38.0. The van der Waals surface area contributed by atoms with Crippen molar-refractivity contribution in [2.45, 2.75) is 70.7 Å². The second kappa shape index (κ2) is 20.6. The van der Waals surface area contributed by atoms with Crippen LogP contribution in [0.3, 0.4) is 0 Å². The molecule has 5 heterocycles. The van der Waals surface area contributed by atoms with Gasteiger partial charge in [-0.15, -0.1) is 0 Å². The van der Waals surface area contributed by atoms with Crippen molar-refractivity contribution in [3.63, 3.8) is 0 Å². The van der Waals surface area contributed by atoms with E-state index in [4.69, 9.17) is 14.5 Å². The van der Waals surface area contributed by atoms with Gasteiger partial charge in [0.25, 0.3) is 17.4 Å². The Bertz CT molecular complexity index is 2960. The molecule has 8 amide bonds. The quantitative estimate of drug-likeness (QED) is 0.0283. The molecule has 3 atom stereocenters. The summed E-state index contributed by atoms with van der Waals surface area (Å²) in [5.41, 5.74) is 5.30. The molecule has 364 valence electrons. The van der Waals surface area contributed by atoms with Gasteiger partial charge in [0.1, 0.15) is 38.3 Å². The third kappa shape index (κ3) is 10.2. The van der Waals surface area contributed by atoms with Crippen molar-refractivity contribution in [1.82, 2.24) is 46.4 Å². The van der Waals surface area contributed by atoms with Gasteiger partial charge in [0, 0.05) is 35.6 Å². The van der Waals surface area contributed by atoms with Gasteiger partial charge in [-0.05, 0) is 60.1 Å². The summed E-state index contributed by atoms with van der Waals surface area (Å²) in [5.74, 6) is -7.03. The van der Waals surface area contributed by atoms with Crippen LogP contribution in [0.4, 0.5) is 4.39 Å². The number of cyclic esters (lactones) is 1. The Morgan fingerprint density at radius 3 is 2.30 bits per heavy atom. The minimum atomic E-state index is -1.19. The van der Waals surface area contributed by atoms with E-state index >= 15 is 4.39 Å². The number of nitrogens with one attached hydrogen (secondary N) is 6. The van der Waals surface area contributed by atoms with Crippen LogP contribution < -0.4 is 37.5 Å². The molecule has 0 unspecified atom stereocenters. The molecular formula is C48H48FN9O12. The molecule has 2 aromatic carbocycles. The monoisotopic (exact) mass is 961 g/mol. The van der Waals surface area contributed by atoms with E-state index in [-0.39, 0.29) is 25.1 Å². The van der Waals surface area contributed by atoms with Crippen LogP contribution in [0.2, 0.25) is 0 Å². The van der Waals surface area contributed by atoms with E-state index in [0.717, 1.165) is 17.7 Å². The Labute approximate surface area is 397 Å². The van der Waals surface area contributed by atoms with Gasteiger partial charge in [-0.1, -0.05) is 37.3 Å². The fourth-order valence-corrected chi connectivity index (χ4v) is 9.10. The van der Waals surface area contributed by atoms with Crippen molar-refractivity contribution in [2.24, 2.45) is 0 Å². The van der Waals surface area contributed by atoms with E-state index < -0.39 is 117 Å². The molecule has 22 heteroatoms. The van der Waals surface area contributed by atoms with E-state index in [2.05, 4.69) is 31.9 Å². The Hall–Kier alpha value is -8.14. The molecule has 0 bridgehead atoms. The van der Waals surface area contributed by atoms with Crippen LogP contribution in [0.15, 0.2) is 59.4 Å². The average Bonchev–Trinajstić information content (AvgIpc) is 3.87. The normalized spacial score (nSPS) is 16.7. The number of halogens is 1. The van der Waals surface area contributed by atoms with E-state index in [1.165, 1.54) is 6.07 Å². The van der Waals surface area contributed by atoms with Crippen molar-refractivity contribution in [3.05, 3.63) is 110 Å². The van der Waals surface area contributed by atoms with Gasteiger partial charge in [-0.2, -0.15) is 0 Å². The van der Waals surface area contributed by atoms with Gasteiger partial charge >= 0.3 is 5.97 Å². The number of amides is 8. The number of rotatable bonds is 18. The molecule has 8 rings (SSSR count). The minimum absolute atomic E-state index is 0.0201. The number of aromatic nitrogens is 2. The van der Waals surface area contributed by atoms with Crippen LogP contribution in [-0.4, -0.2) is 113 Å². The number of aryl methyl sites for hydroxylation is 1. The Balaban J connectivity index is 0.837. The summed E-state index contributed by atoms with van der Waals surface area (Å²) in [5, 5.41) is 15.7. The topological polar surface area (TPSA) is 282 Å². The van der Waals surface area contributed by atoms with Crippen LogP contribution in [0.1, 0.15) is 70.7 Å². The van der Waals surface area contributed by atoms with E-state index in [9.17, 15) is 47.9 Å². The Morgan fingerprint density at radius 1 is 0.857 bits per heavy atom. The van der Waals surface area contributed by atoms with Gasteiger partial charge in [-0.3, -0.25) is 52.8 Å². The maximum atomic E-state index is 15.3. The lowest BCUT2D eigenvalue weighted by Gasteiger charge is -2.29. The second-order valence-corrected chi connectivity index (χ2v) is 17.1. The highest BCUT2D eigenvalue weighted by Gasteiger charge is 2.38. The molecule has 4 aliphatic rings. The second-order valence-electron chi connectivity index (χ2n) is 17.1. The van der Waals surface area contributed by atoms with Crippen molar-refractivity contribution in [1.29, 1.82) is 0 Å². The first-order valence-electron chi connectivity index (χ1n) is 22.5. The van der Waals surface area contributed by atoms with Gasteiger partial charge < -0.3 is 45.9 Å². The smallest absolute Gasteiger partial charge is 0.313 e. The van der Waals surface area contributed by atoms with E-state index in [0.29, 0.717) is 79.8 Å². The van der Waals surface area contributed by atoms with E-state index in [1.807, 2.05) is 6.92 Å². The Morgan fingerprint density at radius 2 is 1.56 bits per heavy atom. The number of nitrogens with zero attached hydrogens (tertiary/aromatic N) is 3. The SMILES string of the molecule is CC[C@H]1C(=O)OCc2c1cc1n(c2=O)Cc2c-1nc1cc(F)c(C)c3c1c2[C@@H](NC(=O)COCNC(=O)CNC(=O)[C@H](Cc1ccccc1)NC(=O)CNC(=O)CNC(=O)CN1C(=O)C=CC1=O)CC3. The lowest BCUT2D eigenvalue weighted by molar-refractivity contribution is -0.148. The zero-order chi connectivity index (χ0) is 49.8. The fraction of sp³-hybridized carbons (Fsp3) is 0.354. The molecule has 0 saturated carbocycles. The van der Waals surface area contributed by atoms with Crippen LogP contribution in [-0.2, 0) is 78.6 Å². The molecule has 1 aliphatic carbocycles. The lowest BCUT2D eigenvalue weighted by atomic mass is 9.81. The fourth-order valence-electron chi connectivity index (χ4n) is 9.10. The lowest BCUT2D eigenvalue weighted by Crippen LogP contribution is -2.52. The maximum absolute atomic E-state index is 15.3. The van der Waals surface area contributed by atoms with Crippen LogP contribution >= 0.6 is 0 Å². The average molecular weight is 962 g/mol. The highest BCUT2D eigenvalue weighted by atomic mass is 19.1. The maximum Gasteiger partial charge on any atom is 0.313 e. The zero-order valence-corrected chi connectivity index (χ0v) is 38.0. The summed E-state index contributed by atoms with van der Waals surface area (Å²) in [6.45, 7) is 0.372. The number of fused-ring (bicyclic) bond motifs is 5. The summed E-state index contributed by atoms with van der Waals surface area (Å²) in [7, 11) is 0. The summed E-state index contributed by atoms with van der Waals surface area (Å²) in [6, 6.07) is 10.1. The molecule has 0 spiro atoms. The number of carbonyl (C=O) groups excluding carboxylic acids is 9. The number of pyridine rings is 2. The molecule has 0 fully saturated rings. The third-order valence-corrected chi connectivity index (χ3v) is 12.6. The summed E-state index contributed by atoms with van der Waals surface area (Å²) >= 11 is 0. The molecule has 4 aromatic rings. The van der Waals surface area contributed by atoms with Crippen LogP contribution in [0.25, 0.3) is 22.3 Å². The first-order chi connectivity index (χ1) is 33.6. The van der Waals surface area contributed by atoms with Crippen molar-refractivity contribution < 1.29 is 57.0 Å². The summed E-state index contributed by atoms with van der Waals surface area (Å²) in [4.78, 5) is 132. The molecular weight excluding hydrogens is 914 g/mol. The standard InChI is InChI=1S/C48H48FN9O12/c1-3-26-28-14-35-45-29(19-57(35)47(67)30(28)21-70-48(26)68)44-32(10-9-27-24(2)31(49)15-33(56-45)43(27)44)54-40(63)22-69-23-53-37(60)17-52-46(66)34(13-25-7-5-4-6-8-25)55-38(61)18-50-36(59)16-51-39(62)20-58-41(64)11-12-42(58)65/h4-8,11-12,14-15,26,32,34H,3,9-10,13,16-23H2,1-2H3,(H,50,59)(H,51,62)(H,52,66)(H,53,60)(H,54,63)(H,55,61)/t26-,32+,34+/m1/s1. The van der Waals surface area contributed by atoms with Crippen molar-refractivity contribution in [3.8, 4) is 11.4 Å². The number of benzene rings is 2. The first-order valence-corrected chi connectivity index (χ1v) is 22.5. The number of imide groups is 1. The summed E-state index contributed by atoms with van der Waals surface area (Å²) in [6.07, 6.45) is 3.31. The predicted octanol–water partition coefficient (Wildman–Crippen LogP) is -0.382. The molecule has 70 heavy (non-hydrogen) atoms. The van der Waals surface area contributed by atoms with Gasteiger partial charge in [0.05, 0.1) is 60.6 Å². The minimum Gasteiger partial charge on any atom is -0.460 e. The summed E-state index contributed by atoms with van der Waals surface area (Å²) < 4.78 is 27.7. The number of hydrogen-bond acceptors (Lipinski definition) is 13. The van der Waals surface area contributed by atoms with Gasteiger partial charge in [-0.25, -0.2) is 9.37 Å². The van der Waals surface area contributed by atoms with Crippen LogP contribution in [0, 0.1) is 12.7 Å². The number of ether oxygens (including phenoxy) is 2. The molecule has 6 N–H and O–H groups in total. The first kappa shape index (κ1) is 48.3. The van der Waals surface area contributed by atoms with E-state index in [1.54, 1.807) is 47.9 Å². The number of esters is 1. The highest BCUT2D eigenvalue weighted by Crippen LogP contribution is 2.45. The Kier molecular flexibility index (Phi) is 14.2. The van der Waals surface area contributed by atoms with Crippen LogP contribution in [0.5, 0.6) is 0 Å². The third-order valence-electron chi connectivity index (χ3n) is 12.6. The van der Waals surface area contributed by atoms with Gasteiger partial charge in [0.2, 0.25) is 35.4 Å². The molecule has 21 nitrogen and oxygen atoms in total. The molecule has 0 saturated heterocycles. The van der Waals surface area contributed by atoms with Crippen molar-refractivity contribution >= 4 is 64.1 Å². The number of hydrogen-bond donors (Lipinski definition) is 6. The number of carbonyl (C=O) groups is 9. The predicted molar refractivity (Wildman–Crippen MR) is 243 cm³/mol. The molecule has 0 radical (unpaired) electrons. The van der Waals surface area contributed by atoms with Crippen molar-refractivity contribution in [2.75, 3.05) is 39.5 Å². The molecule has 3 aliphatic heterocycles.